The smallest absolute Gasteiger partial charge is 0.223 e. The summed E-state index contributed by atoms with van der Waals surface area (Å²) in [5.74, 6) is 0.866. The Labute approximate surface area is 137 Å². The van der Waals surface area contributed by atoms with E-state index in [1.165, 1.54) is 5.01 Å². The van der Waals surface area contributed by atoms with Crippen molar-refractivity contribution in [2.75, 3.05) is 13.1 Å². The largest absolute Gasteiger partial charge is 0.355 e. The van der Waals surface area contributed by atoms with Crippen LogP contribution in [0.2, 0.25) is 0 Å². The zero-order valence-electron chi connectivity index (χ0n) is 13.0. The van der Waals surface area contributed by atoms with Crippen LogP contribution in [0.4, 0.5) is 0 Å². The fraction of sp³-hybridized carbons (Fsp3) is 0.733. The summed E-state index contributed by atoms with van der Waals surface area (Å²) in [4.78, 5) is 16.7. The Kier molecular flexibility index (Phi) is 7.63. The van der Waals surface area contributed by atoms with Crippen molar-refractivity contribution in [3.63, 3.8) is 0 Å². The predicted molar refractivity (Wildman–Crippen MR) is 90.4 cm³/mol. The van der Waals surface area contributed by atoms with Crippen molar-refractivity contribution in [1.82, 2.24) is 15.6 Å². The van der Waals surface area contributed by atoms with Crippen LogP contribution in [0.5, 0.6) is 0 Å². The van der Waals surface area contributed by atoms with Gasteiger partial charge in [0.1, 0.15) is 0 Å². The Morgan fingerprint density at radius 3 is 2.95 bits per heavy atom. The van der Waals surface area contributed by atoms with Crippen molar-refractivity contribution in [2.24, 2.45) is 5.92 Å². The molecule has 1 aromatic heterocycles. The highest BCUT2D eigenvalue weighted by molar-refractivity contribution is 7.09. The first-order chi connectivity index (χ1) is 9.56. The number of aromatic nitrogens is 1. The van der Waals surface area contributed by atoms with Crippen molar-refractivity contribution in [3.8, 4) is 0 Å². The fourth-order valence-electron chi connectivity index (χ4n) is 2.53. The van der Waals surface area contributed by atoms with Crippen molar-refractivity contribution in [1.29, 1.82) is 0 Å². The average molecular weight is 332 g/mol. The maximum absolute atomic E-state index is 12.1. The molecule has 0 unspecified atom stereocenters. The molecule has 0 radical (unpaired) electrons. The molecule has 120 valence electrons. The molecule has 2 N–H and O–H groups in total. The molecule has 21 heavy (non-hydrogen) atoms. The summed E-state index contributed by atoms with van der Waals surface area (Å²) in [7, 11) is 0. The molecule has 1 aromatic rings. The van der Waals surface area contributed by atoms with E-state index >= 15 is 0 Å². The van der Waals surface area contributed by atoms with Gasteiger partial charge in [-0.2, -0.15) is 0 Å². The molecule has 6 heteroatoms. The molecule has 1 aliphatic rings. The van der Waals surface area contributed by atoms with Crippen molar-refractivity contribution in [2.45, 2.75) is 52.0 Å². The molecule has 2 rings (SSSR count). The quantitative estimate of drug-likeness (QED) is 0.872. The van der Waals surface area contributed by atoms with Gasteiger partial charge in [-0.1, -0.05) is 13.8 Å². The molecule has 2 heterocycles. The Morgan fingerprint density at radius 1 is 1.57 bits per heavy atom. The molecule has 0 aliphatic carbocycles. The lowest BCUT2D eigenvalue weighted by molar-refractivity contribution is -0.126. The van der Waals surface area contributed by atoms with Crippen LogP contribution >= 0.6 is 23.7 Å². The first-order valence-electron chi connectivity index (χ1n) is 7.51. The number of halogens is 1. The lowest BCUT2D eigenvalue weighted by Gasteiger charge is -2.27. The van der Waals surface area contributed by atoms with Crippen LogP contribution in [0, 0.1) is 5.92 Å². The number of hydrogen-bond acceptors (Lipinski definition) is 4. The number of piperidine rings is 1. The summed E-state index contributed by atoms with van der Waals surface area (Å²) in [6.45, 7) is 8.09. The van der Waals surface area contributed by atoms with Gasteiger partial charge in [-0.25, -0.2) is 4.98 Å². The van der Waals surface area contributed by atoms with Gasteiger partial charge in [-0.3, -0.25) is 4.79 Å². The van der Waals surface area contributed by atoms with E-state index in [0.717, 1.165) is 31.5 Å². The van der Waals surface area contributed by atoms with Gasteiger partial charge in [-0.15, -0.1) is 23.7 Å². The molecule has 0 spiro atoms. The standard InChI is InChI=1S/C15H25N3OS.ClH/c1-10(2)15-18-13(9-20-15)5-7-17-14(19)12-4-6-16-11(3)8-12;/h9-12,16H,4-8H2,1-3H3,(H,17,19);1H/t11-,12-;/m0./s1. The van der Waals surface area contributed by atoms with Gasteiger partial charge < -0.3 is 10.6 Å². The normalized spacial score (nSPS) is 21.9. The number of nitrogens with one attached hydrogen (secondary N) is 2. The third-order valence-corrected chi connectivity index (χ3v) is 4.93. The Morgan fingerprint density at radius 2 is 2.33 bits per heavy atom. The van der Waals surface area contributed by atoms with Crippen LogP contribution in [0.3, 0.4) is 0 Å². The van der Waals surface area contributed by atoms with E-state index in [2.05, 4.69) is 41.8 Å². The predicted octanol–water partition coefficient (Wildman–Crippen LogP) is 2.74. The van der Waals surface area contributed by atoms with Gasteiger partial charge in [0.2, 0.25) is 5.91 Å². The van der Waals surface area contributed by atoms with Crippen molar-refractivity contribution in [3.05, 3.63) is 16.1 Å². The van der Waals surface area contributed by atoms with Gasteiger partial charge in [0.05, 0.1) is 10.7 Å². The van der Waals surface area contributed by atoms with Gasteiger partial charge in [-0.05, 0) is 26.3 Å². The highest BCUT2D eigenvalue weighted by Gasteiger charge is 2.24. The number of hydrogen-bond donors (Lipinski definition) is 2. The third-order valence-electron chi connectivity index (χ3n) is 3.74. The van der Waals surface area contributed by atoms with E-state index in [9.17, 15) is 4.79 Å². The topological polar surface area (TPSA) is 54.0 Å². The van der Waals surface area contributed by atoms with E-state index in [-0.39, 0.29) is 24.2 Å². The summed E-state index contributed by atoms with van der Waals surface area (Å²) in [5.41, 5.74) is 1.10. The van der Waals surface area contributed by atoms with Gasteiger partial charge in [0.15, 0.2) is 0 Å². The maximum atomic E-state index is 12.1. The van der Waals surface area contributed by atoms with E-state index < -0.39 is 0 Å². The number of rotatable bonds is 5. The molecule has 0 saturated carbocycles. The minimum atomic E-state index is 0. The molecule has 1 saturated heterocycles. The Balaban J connectivity index is 0.00000220. The molecule has 1 amide bonds. The maximum Gasteiger partial charge on any atom is 0.223 e. The molecular weight excluding hydrogens is 306 g/mol. The van der Waals surface area contributed by atoms with E-state index in [1.807, 2.05) is 0 Å². The zero-order chi connectivity index (χ0) is 14.5. The fourth-order valence-corrected chi connectivity index (χ4v) is 3.40. The van der Waals surface area contributed by atoms with Crippen LogP contribution in [-0.2, 0) is 11.2 Å². The van der Waals surface area contributed by atoms with Crippen molar-refractivity contribution < 1.29 is 4.79 Å². The zero-order valence-corrected chi connectivity index (χ0v) is 14.6. The van der Waals surface area contributed by atoms with Crippen LogP contribution in [0.25, 0.3) is 0 Å². The minimum absolute atomic E-state index is 0. The summed E-state index contributed by atoms with van der Waals surface area (Å²) in [5, 5.41) is 9.72. The number of carbonyl (C=O) groups excluding carboxylic acids is 1. The number of nitrogens with zero attached hydrogens (tertiary/aromatic N) is 1. The second-order valence-electron chi connectivity index (χ2n) is 5.95. The van der Waals surface area contributed by atoms with E-state index in [4.69, 9.17) is 0 Å². The summed E-state index contributed by atoms with van der Waals surface area (Å²) in [6.07, 6.45) is 2.72. The second kappa shape index (κ2) is 8.71. The van der Waals surface area contributed by atoms with Crippen LogP contribution in [0.1, 0.15) is 50.2 Å². The van der Waals surface area contributed by atoms with E-state index in [1.54, 1.807) is 11.3 Å². The van der Waals surface area contributed by atoms with Crippen LogP contribution < -0.4 is 10.6 Å². The Bertz CT molecular complexity index is 450. The lowest BCUT2D eigenvalue weighted by atomic mass is 9.92. The average Bonchev–Trinajstić information content (AvgIpc) is 2.87. The highest BCUT2D eigenvalue weighted by atomic mass is 35.5. The SMILES string of the molecule is CC(C)c1nc(CCNC(=O)[C@H]2CCN[C@@H](C)C2)cs1.Cl. The first-order valence-corrected chi connectivity index (χ1v) is 8.39. The monoisotopic (exact) mass is 331 g/mol. The molecular formula is C15H26ClN3OS. The lowest BCUT2D eigenvalue weighted by Crippen LogP contribution is -2.42. The molecule has 0 bridgehead atoms. The third kappa shape index (κ3) is 5.57. The second-order valence-corrected chi connectivity index (χ2v) is 6.84. The Hall–Kier alpha value is -0.650. The summed E-state index contributed by atoms with van der Waals surface area (Å²) < 4.78 is 0. The van der Waals surface area contributed by atoms with Crippen LogP contribution in [-0.4, -0.2) is 30.0 Å². The first kappa shape index (κ1) is 18.4. The number of amides is 1. The molecule has 1 fully saturated rings. The molecule has 1 aliphatic heterocycles. The van der Waals surface area contributed by atoms with Crippen LogP contribution in [0.15, 0.2) is 5.38 Å². The van der Waals surface area contributed by atoms with E-state index in [0.29, 0.717) is 18.5 Å². The molecule has 2 atom stereocenters. The van der Waals surface area contributed by atoms with Gasteiger partial charge in [0.25, 0.3) is 0 Å². The summed E-state index contributed by atoms with van der Waals surface area (Å²) in [6, 6.07) is 0.451. The minimum Gasteiger partial charge on any atom is -0.355 e. The molecule has 0 aromatic carbocycles. The summed E-state index contributed by atoms with van der Waals surface area (Å²) >= 11 is 1.71. The molecule has 4 nitrogen and oxygen atoms in total. The van der Waals surface area contributed by atoms with Gasteiger partial charge in [0, 0.05) is 36.2 Å². The van der Waals surface area contributed by atoms with Crippen molar-refractivity contribution >= 4 is 29.7 Å². The van der Waals surface area contributed by atoms with Gasteiger partial charge >= 0.3 is 0 Å². The highest BCUT2D eigenvalue weighted by Crippen LogP contribution is 2.19. The number of carbonyl (C=O) groups is 1. The number of thiazole rings is 1.